The van der Waals surface area contributed by atoms with Gasteiger partial charge in [0.15, 0.2) is 0 Å². The van der Waals surface area contributed by atoms with Crippen LogP contribution in [0.5, 0.6) is 0 Å². The zero-order valence-corrected chi connectivity index (χ0v) is 11.6. The molecule has 1 aliphatic heterocycles. The molecule has 0 saturated carbocycles. The van der Waals surface area contributed by atoms with Crippen molar-refractivity contribution in [1.29, 1.82) is 0 Å². The standard InChI is InChI=1S/C11H15ClN4O.ClH/c1-8(17)15-9-6-10(12)11(14-7-9)16-4-2-13-3-5-16;/h6-7,13H,2-5H2,1H3,(H,15,17);1H. The second-order valence-corrected chi connectivity index (χ2v) is 4.35. The minimum Gasteiger partial charge on any atom is -0.353 e. The molecule has 1 fully saturated rings. The van der Waals surface area contributed by atoms with E-state index < -0.39 is 0 Å². The number of aromatic nitrogens is 1. The predicted octanol–water partition coefficient (Wildman–Crippen LogP) is 1.52. The fourth-order valence-corrected chi connectivity index (χ4v) is 2.10. The average molecular weight is 291 g/mol. The zero-order valence-electron chi connectivity index (χ0n) is 10.1. The van der Waals surface area contributed by atoms with Crippen molar-refractivity contribution in [3.8, 4) is 0 Å². The van der Waals surface area contributed by atoms with Crippen molar-refractivity contribution in [1.82, 2.24) is 10.3 Å². The smallest absolute Gasteiger partial charge is 0.221 e. The minimum atomic E-state index is -0.127. The number of halogens is 2. The molecule has 2 N–H and O–H groups in total. The normalized spacial score (nSPS) is 14.9. The van der Waals surface area contributed by atoms with Crippen molar-refractivity contribution in [2.45, 2.75) is 6.92 Å². The van der Waals surface area contributed by atoms with Crippen LogP contribution >= 0.6 is 24.0 Å². The van der Waals surface area contributed by atoms with Gasteiger partial charge in [-0.3, -0.25) is 4.79 Å². The summed E-state index contributed by atoms with van der Waals surface area (Å²) < 4.78 is 0. The van der Waals surface area contributed by atoms with Gasteiger partial charge in [-0.15, -0.1) is 12.4 Å². The molecule has 7 heteroatoms. The maximum atomic E-state index is 10.9. The number of carbonyl (C=O) groups excluding carboxylic acids is 1. The molecule has 5 nitrogen and oxygen atoms in total. The van der Waals surface area contributed by atoms with Crippen LogP contribution in [-0.2, 0) is 4.79 Å². The highest BCUT2D eigenvalue weighted by molar-refractivity contribution is 6.33. The molecule has 0 aromatic carbocycles. The summed E-state index contributed by atoms with van der Waals surface area (Å²) in [6, 6.07) is 1.73. The Morgan fingerprint density at radius 3 is 2.72 bits per heavy atom. The van der Waals surface area contributed by atoms with Crippen LogP contribution < -0.4 is 15.5 Å². The van der Waals surface area contributed by atoms with E-state index >= 15 is 0 Å². The molecule has 2 heterocycles. The molecular formula is C11H16Cl2N4O. The van der Waals surface area contributed by atoms with Crippen LogP contribution in [0.25, 0.3) is 0 Å². The van der Waals surface area contributed by atoms with E-state index in [0.29, 0.717) is 10.7 Å². The molecule has 18 heavy (non-hydrogen) atoms. The van der Waals surface area contributed by atoms with Gasteiger partial charge >= 0.3 is 0 Å². The van der Waals surface area contributed by atoms with Crippen LogP contribution in [0.4, 0.5) is 11.5 Å². The molecule has 0 atom stereocenters. The molecule has 1 saturated heterocycles. The van der Waals surface area contributed by atoms with Crippen molar-refractivity contribution in [2.75, 3.05) is 36.4 Å². The first kappa shape index (κ1) is 15.0. The Morgan fingerprint density at radius 1 is 1.50 bits per heavy atom. The lowest BCUT2D eigenvalue weighted by Gasteiger charge is -2.29. The highest BCUT2D eigenvalue weighted by Gasteiger charge is 2.15. The van der Waals surface area contributed by atoms with Crippen LogP contribution in [0.1, 0.15) is 6.92 Å². The highest BCUT2D eigenvalue weighted by atomic mass is 35.5. The zero-order chi connectivity index (χ0) is 12.3. The number of pyridine rings is 1. The summed E-state index contributed by atoms with van der Waals surface area (Å²) in [4.78, 5) is 17.4. The van der Waals surface area contributed by atoms with Gasteiger partial charge in [-0.2, -0.15) is 0 Å². The third-order valence-corrected chi connectivity index (χ3v) is 2.84. The van der Waals surface area contributed by atoms with Crippen LogP contribution in [-0.4, -0.2) is 37.1 Å². The van der Waals surface area contributed by atoms with Gasteiger partial charge in [-0.1, -0.05) is 11.6 Å². The molecule has 2 rings (SSSR count). The van der Waals surface area contributed by atoms with Gasteiger partial charge in [0.1, 0.15) is 5.82 Å². The van der Waals surface area contributed by atoms with Crippen molar-refractivity contribution in [2.24, 2.45) is 0 Å². The number of hydrogen-bond acceptors (Lipinski definition) is 4. The SMILES string of the molecule is CC(=O)Nc1cnc(N2CCNCC2)c(Cl)c1.Cl. The van der Waals surface area contributed by atoms with Crippen LogP contribution in [0, 0.1) is 0 Å². The number of rotatable bonds is 2. The quantitative estimate of drug-likeness (QED) is 0.867. The molecule has 0 unspecified atom stereocenters. The Hall–Kier alpha value is -1.04. The summed E-state index contributed by atoms with van der Waals surface area (Å²) in [5.74, 6) is 0.653. The molecule has 0 bridgehead atoms. The Bertz CT molecular complexity index is 422. The van der Waals surface area contributed by atoms with E-state index in [9.17, 15) is 4.79 Å². The molecule has 0 aliphatic carbocycles. The lowest BCUT2D eigenvalue weighted by Crippen LogP contribution is -2.44. The summed E-state index contributed by atoms with van der Waals surface area (Å²) in [7, 11) is 0. The van der Waals surface area contributed by atoms with Gasteiger partial charge in [-0.05, 0) is 6.07 Å². The first-order valence-corrected chi connectivity index (χ1v) is 5.93. The molecule has 1 aromatic heterocycles. The second-order valence-electron chi connectivity index (χ2n) is 3.95. The maximum Gasteiger partial charge on any atom is 0.221 e. The summed E-state index contributed by atoms with van der Waals surface area (Å²) in [6.07, 6.45) is 1.63. The Labute approximate surface area is 117 Å². The van der Waals surface area contributed by atoms with Crippen molar-refractivity contribution in [3.63, 3.8) is 0 Å². The number of amides is 1. The van der Waals surface area contributed by atoms with E-state index in [2.05, 4.69) is 20.5 Å². The van der Waals surface area contributed by atoms with Crippen molar-refractivity contribution >= 4 is 41.4 Å². The highest BCUT2D eigenvalue weighted by Crippen LogP contribution is 2.26. The number of nitrogens with one attached hydrogen (secondary N) is 2. The predicted molar refractivity (Wildman–Crippen MR) is 75.9 cm³/mol. The van der Waals surface area contributed by atoms with E-state index in [4.69, 9.17) is 11.6 Å². The number of piperazine rings is 1. The average Bonchev–Trinajstić information content (AvgIpc) is 2.29. The van der Waals surface area contributed by atoms with Gasteiger partial charge in [0.2, 0.25) is 5.91 Å². The van der Waals surface area contributed by atoms with E-state index in [-0.39, 0.29) is 18.3 Å². The van der Waals surface area contributed by atoms with E-state index in [1.807, 2.05) is 0 Å². The number of hydrogen-bond donors (Lipinski definition) is 2. The fraction of sp³-hybridized carbons (Fsp3) is 0.455. The number of anilines is 2. The summed E-state index contributed by atoms with van der Waals surface area (Å²) in [5, 5.41) is 6.50. The van der Waals surface area contributed by atoms with Crippen molar-refractivity contribution < 1.29 is 4.79 Å². The Balaban J connectivity index is 0.00000162. The minimum absolute atomic E-state index is 0. The van der Waals surface area contributed by atoms with Crippen molar-refractivity contribution in [3.05, 3.63) is 17.3 Å². The third-order valence-electron chi connectivity index (χ3n) is 2.56. The third kappa shape index (κ3) is 3.73. The largest absolute Gasteiger partial charge is 0.353 e. The van der Waals surface area contributed by atoms with Crippen LogP contribution in [0.3, 0.4) is 0 Å². The molecule has 1 amide bonds. The maximum absolute atomic E-state index is 10.9. The first-order valence-electron chi connectivity index (χ1n) is 5.55. The Kier molecular flexibility index (Phi) is 5.65. The fourth-order valence-electron chi connectivity index (χ4n) is 1.81. The number of nitrogens with zero attached hydrogens (tertiary/aromatic N) is 2. The van der Waals surface area contributed by atoms with Crippen LogP contribution in [0.15, 0.2) is 12.3 Å². The van der Waals surface area contributed by atoms with E-state index in [0.717, 1.165) is 32.0 Å². The molecule has 1 aliphatic rings. The van der Waals surface area contributed by atoms with Gasteiger partial charge in [-0.25, -0.2) is 4.98 Å². The topological polar surface area (TPSA) is 57.3 Å². The summed E-state index contributed by atoms with van der Waals surface area (Å²) in [5.41, 5.74) is 0.626. The van der Waals surface area contributed by atoms with Gasteiger partial charge in [0.05, 0.1) is 16.9 Å². The second kappa shape index (κ2) is 6.78. The van der Waals surface area contributed by atoms with Crippen LogP contribution in [0.2, 0.25) is 5.02 Å². The van der Waals surface area contributed by atoms with E-state index in [1.54, 1.807) is 12.3 Å². The van der Waals surface area contributed by atoms with Gasteiger partial charge in [0.25, 0.3) is 0 Å². The lowest BCUT2D eigenvalue weighted by atomic mass is 10.3. The molecule has 0 radical (unpaired) electrons. The molecule has 1 aromatic rings. The summed E-state index contributed by atoms with van der Waals surface area (Å²) >= 11 is 6.17. The molecule has 0 spiro atoms. The monoisotopic (exact) mass is 290 g/mol. The molecular weight excluding hydrogens is 275 g/mol. The first-order chi connectivity index (χ1) is 8.16. The Morgan fingerprint density at radius 2 is 2.17 bits per heavy atom. The number of carbonyl (C=O) groups is 1. The molecule has 100 valence electrons. The van der Waals surface area contributed by atoms with Gasteiger partial charge in [0, 0.05) is 33.1 Å². The van der Waals surface area contributed by atoms with Gasteiger partial charge < -0.3 is 15.5 Å². The summed E-state index contributed by atoms with van der Waals surface area (Å²) in [6.45, 7) is 5.12. The van der Waals surface area contributed by atoms with E-state index in [1.165, 1.54) is 6.92 Å². The lowest BCUT2D eigenvalue weighted by molar-refractivity contribution is -0.114.